The van der Waals surface area contributed by atoms with Crippen LogP contribution < -0.4 is 5.32 Å². The fourth-order valence-electron chi connectivity index (χ4n) is 0.902. The van der Waals surface area contributed by atoms with Crippen molar-refractivity contribution in [1.29, 1.82) is 0 Å². The van der Waals surface area contributed by atoms with Crippen LogP contribution in [0.2, 0.25) is 0 Å². The van der Waals surface area contributed by atoms with Crippen LogP contribution in [0, 0.1) is 0 Å². The van der Waals surface area contributed by atoms with Gasteiger partial charge in [0.1, 0.15) is 0 Å². The molecule has 0 bridgehead atoms. The van der Waals surface area contributed by atoms with Gasteiger partial charge < -0.3 is 19.5 Å². The molecule has 0 aromatic carbocycles. The molecule has 0 saturated heterocycles. The van der Waals surface area contributed by atoms with Gasteiger partial charge in [0, 0.05) is 21.3 Å². The summed E-state index contributed by atoms with van der Waals surface area (Å²) in [5.74, 6) is 0. The molecule has 4 heteroatoms. The molecule has 0 aliphatic carbocycles. The van der Waals surface area contributed by atoms with E-state index in [1.165, 1.54) is 0 Å². The van der Waals surface area contributed by atoms with Gasteiger partial charge in [-0.2, -0.15) is 0 Å². The molecule has 0 radical (unpaired) electrons. The Balaban J connectivity index is 3.76. The van der Waals surface area contributed by atoms with E-state index in [2.05, 4.69) is 5.32 Å². The first-order valence-corrected chi connectivity index (χ1v) is 3.52. The zero-order valence-electron chi connectivity index (χ0n) is 7.59. The van der Waals surface area contributed by atoms with E-state index in [4.69, 9.17) is 14.2 Å². The smallest absolute Gasteiger partial charge is 0.174 e. The lowest BCUT2D eigenvalue weighted by molar-refractivity contribution is -0.131. The second kappa shape index (κ2) is 6.54. The van der Waals surface area contributed by atoms with E-state index in [1.807, 2.05) is 7.05 Å². The van der Waals surface area contributed by atoms with Crippen LogP contribution in [0.4, 0.5) is 0 Å². The topological polar surface area (TPSA) is 39.7 Å². The summed E-state index contributed by atoms with van der Waals surface area (Å²) in [7, 11) is 6.70. The highest BCUT2D eigenvalue weighted by molar-refractivity contribution is 4.66. The van der Waals surface area contributed by atoms with Crippen molar-refractivity contribution in [3.05, 3.63) is 0 Å². The average Bonchev–Trinajstić information content (AvgIpc) is 2.05. The predicted molar refractivity (Wildman–Crippen MR) is 42.5 cm³/mol. The van der Waals surface area contributed by atoms with Crippen molar-refractivity contribution in [2.24, 2.45) is 0 Å². The number of nitrogens with one attached hydrogen (secondary N) is 1. The van der Waals surface area contributed by atoms with E-state index < -0.39 is 0 Å². The first-order valence-electron chi connectivity index (χ1n) is 3.52. The summed E-state index contributed by atoms with van der Waals surface area (Å²) < 4.78 is 15.0. The molecule has 0 aliphatic rings. The van der Waals surface area contributed by atoms with Gasteiger partial charge in [-0.25, -0.2) is 0 Å². The summed E-state index contributed by atoms with van der Waals surface area (Å²) in [4.78, 5) is 0. The summed E-state index contributed by atoms with van der Waals surface area (Å²) >= 11 is 0. The molecular weight excluding hydrogens is 146 g/mol. The molecule has 0 aromatic rings. The largest absolute Gasteiger partial charge is 0.383 e. The number of methoxy groups -OCH3 is 3. The number of likely N-dealkylation sites (N-methyl/N-ethyl adjacent to an activating group) is 1. The summed E-state index contributed by atoms with van der Waals surface area (Å²) in [6, 6.07) is 0.0787. The normalized spacial score (nSPS) is 13.9. The number of ether oxygens (including phenoxy) is 3. The van der Waals surface area contributed by atoms with E-state index >= 15 is 0 Å². The highest BCUT2D eigenvalue weighted by atomic mass is 16.7. The van der Waals surface area contributed by atoms with E-state index in [-0.39, 0.29) is 12.3 Å². The highest BCUT2D eigenvalue weighted by Crippen LogP contribution is 1.98. The van der Waals surface area contributed by atoms with Gasteiger partial charge in [-0.1, -0.05) is 0 Å². The van der Waals surface area contributed by atoms with Gasteiger partial charge in [-0.05, 0) is 7.05 Å². The van der Waals surface area contributed by atoms with Crippen LogP contribution in [-0.4, -0.2) is 47.3 Å². The zero-order chi connectivity index (χ0) is 8.69. The van der Waals surface area contributed by atoms with Crippen LogP contribution in [-0.2, 0) is 14.2 Å². The molecule has 1 unspecified atom stereocenters. The standard InChI is InChI=1S/C7H17NO3/c1-8-6(5-9-2)7(10-3)11-4/h6-8H,5H2,1-4H3. The summed E-state index contributed by atoms with van der Waals surface area (Å²) in [6.45, 7) is 0.572. The van der Waals surface area contributed by atoms with Crippen molar-refractivity contribution >= 4 is 0 Å². The Kier molecular flexibility index (Phi) is 6.45. The Morgan fingerprint density at radius 2 is 1.73 bits per heavy atom. The monoisotopic (exact) mass is 163 g/mol. The molecule has 1 N–H and O–H groups in total. The average molecular weight is 163 g/mol. The van der Waals surface area contributed by atoms with Crippen molar-refractivity contribution in [3.63, 3.8) is 0 Å². The second-order valence-electron chi connectivity index (χ2n) is 2.19. The quantitative estimate of drug-likeness (QED) is 0.552. The van der Waals surface area contributed by atoms with Crippen molar-refractivity contribution in [2.45, 2.75) is 12.3 Å². The Morgan fingerprint density at radius 1 is 1.18 bits per heavy atom. The van der Waals surface area contributed by atoms with E-state index in [0.717, 1.165) is 0 Å². The zero-order valence-corrected chi connectivity index (χ0v) is 7.59. The van der Waals surface area contributed by atoms with Gasteiger partial charge in [-0.15, -0.1) is 0 Å². The van der Waals surface area contributed by atoms with Crippen LogP contribution >= 0.6 is 0 Å². The third-order valence-corrected chi connectivity index (χ3v) is 1.51. The highest BCUT2D eigenvalue weighted by Gasteiger charge is 2.17. The molecular formula is C7H17NO3. The first-order chi connectivity index (χ1) is 5.29. The Bertz CT molecular complexity index is 85.8. The van der Waals surface area contributed by atoms with E-state index in [1.54, 1.807) is 21.3 Å². The fourth-order valence-corrected chi connectivity index (χ4v) is 0.902. The van der Waals surface area contributed by atoms with Gasteiger partial charge in [0.2, 0.25) is 0 Å². The maximum absolute atomic E-state index is 5.04. The van der Waals surface area contributed by atoms with Crippen molar-refractivity contribution in [3.8, 4) is 0 Å². The second-order valence-corrected chi connectivity index (χ2v) is 2.19. The van der Waals surface area contributed by atoms with Gasteiger partial charge in [0.05, 0.1) is 12.6 Å². The molecule has 0 saturated carbocycles. The predicted octanol–water partition coefficient (Wildman–Crippen LogP) is -0.160. The molecule has 0 rings (SSSR count). The van der Waals surface area contributed by atoms with E-state index in [9.17, 15) is 0 Å². The molecule has 68 valence electrons. The van der Waals surface area contributed by atoms with E-state index in [0.29, 0.717) is 6.61 Å². The molecule has 1 atom stereocenters. The van der Waals surface area contributed by atoms with Crippen LogP contribution in [0.25, 0.3) is 0 Å². The van der Waals surface area contributed by atoms with Gasteiger partial charge in [0.15, 0.2) is 6.29 Å². The number of hydrogen-bond acceptors (Lipinski definition) is 4. The maximum atomic E-state index is 5.04. The minimum absolute atomic E-state index is 0.0787. The third-order valence-electron chi connectivity index (χ3n) is 1.51. The molecule has 0 fully saturated rings. The van der Waals surface area contributed by atoms with Crippen LogP contribution in [0.3, 0.4) is 0 Å². The molecule has 0 aromatic heterocycles. The minimum Gasteiger partial charge on any atom is -0.383 e. The Morgan fingerprint density at radius 3 is 2.00 bits per heavy atom. The van der Waals surface area contributed by atoms with Crippen molar-refractivity contribution in [1.82, 2.24) is 5.32 Å². The van der Waals surface area contributed by atoms with Gasteiger partial charge in [-0.3, -0.25) is 0 Å². The van der Waals surface area contributed by atoms with Crippen LogP contribution in [0.5, 0.6) is 0 Å². The molecule has 4 nitrogen and oxygen atoms in total. The molecule has 0 spiro atoms. The number of rotatable bonds is 6. The third kappa shape index (κ3) is 3.67. The Labute approximate surface area is 67.8 Å². The molecule has 0 heterocycles. The van der Waals surface area contributed by atoms with Gasteiger partial charge >= 0.3 is 0 Å². The minimum atomic E-state index is -0.250. The van der Waals surface area contributed by atoms with Crippen LogP contribution in [0.15, 0.2) is 0 Å². The Hall–Kier alpha value is -0.160. The molecule has 11 heavy (non-hydrogen) atoms. The maximum Gasteiger partial charge on any atom is 0.174 e. The summed E-state index contributed by atoms with van der Waals surface area (Å²) in [5.41, 5.74) is 0. The van der Waals surface area contributed by atoms with Crippen LogP contribution in [0.1, 0.15) is 0 Å². The summed E-state index contributed by atoms with van der Waals surface area (Å²) in [5, 5.41) is 3.03. The molecule has 0 amide bonds. The molecule has 0 aliphatic heterocycles. The summed E-state index contributed by atoms with van der Waals surface area (Å²) in [6.07, 6.45) is -0.250. The number of hydrogen-bond donors (Lipinski definition) is 1. The fraction of sp³-hybridized carbons (Fsp3) is 1.00. The lowest BCUT2D eigenvalue weighted by Crippen LogP contribution is -2.43. The van der Waals surface area contributed by atoms with Crippen molar-refractivity contribution in [2.75, 3.05) is 35.0 Å². The first kappa shape index (κ1) is 10.8. The lowest BCUT2D eigenvalue weighted by Gasteiger charge is -2.23. The SMILES string of the molecule is CNC(COC)C(OC)OC. The lowest BCUT2D eigenvalue weighted by atomic mass is 10.3. The van der Waals surface area contributed by atoms with Crippen molar-refractivity contribution < 1.29 is 14.2 Å². The van der Waals surface area contributed by atoms with Gasteiger partial charge in [0.25, 0.3) is 0 Å².